The summed E-state index contributed by atoms with van der Waals surface area (Å²) in [6.07, 6.45) is 2.27. The number of aromatic nitrogens is 1. The van der Waals surface area contributed by atoms with E-state index in [0.717, 1.165) is 17.0 Å². The van der Waals surface area contributed by atoms with Crippen molar-refractivity contribution in [3.8, 4) is 5.75 Å². The molecule has 0 saturated carbocycles. The number of methoxy groups -OCH3 is 1. The predicted molar refractivity (Wildman–Crippen MR) is 83.5 cm³/mol. The van der Waals surface area contributed by atoms with Crippen molar-refractivity contribution in [1.29, 1.82) is 0 Å². The zero-order valence-electron chi connectivity index (χ0n) is 11.9. The van der Waals surface area contributed by atoms with Crippen LogP contribution < -0.4 is 10.1 Å². The zero-order valence-corrected chi connectivity index (χ0v) is 12.7. The maximum atomic E-state index is 9.23. The molecule has 2 rings (SSSR count). The van der Waals surface area contributed by atoms with E-state index in [4.69, 9.17) is 16.3 Å². The first-order chi connectivity index (χ1) is 10.2. The average Bonchev–Trinajstić information content (AvgIpc) is 2.53. The molecule has 1 atom stereocenters. The quantitative estimate of drug-likeness (QED) is 0.826. The summed E-state index contributed by atoms with van der Waals surface area (Å²) in [7, 11) is 1.64. The summed E-state index contributed by atoms with van der Waals surface area (Å²) in [5, 5.41) is 13.3. The zero-order chi connectivity index (χ0) is 15.1. The van der Waals surface area contributed by atoms with Crippen LogP contribution in [0.4, 0.5) is 0 Å². The number of aliphatic hydroxyl groups excluding tert-OH is 1. The van der Waals surface area contributed by atoms with Gasteiger partial charge in [-0.05, 0) is 36.2 Å². The molecule has 0 spiro atoms. The van der Waals surface area contributed by atoms with Crippen LogP contribution in [0, 0.1) is 0 Å². The first-order valence-corrected chi connectivity index (χ1v) is 7.19. The maximum absolute atomic E-state index is 9.23. The maximum Gasteiger partial charge on any atom is 0.118 e. The summed E-state index contributed by atoms with van der Waals surface area (Å²) < 4.78 is 5.16. The van der Waals surface area contributed by atoms with Gasteiger partial charge in [0.05, 0.1) is 17.8 Å². The lowest BCUT2D eigenvalue weighted by Gasteiger charge is -2.18. The van der Waals surface area contributed by atoms with Crippen molar-refractivity contribution in [3.63, 3.8) is 0 Å². The average molecular weight is 307 g/mol. The number of benzene rings is 1. The van der Waals surface area contributed by atoms with Crippen LogP contribution in [0.3, 0.4) is 0 Å². The number of ether oxygens (including phenoxy) is 1. The minimum absolute atomic E-state index is 0.0679. The van der Waals surface area contributed by atoms with E-state index in [0.29, 0.717) is 18.0 Å². The Morgan fingerprint density at radius 1 is 1.24 bits per heavy atom. The Morgan fingerprint density at radius 3 is 2.57 bits per heavy atom. The molecule has 1 unspecified atom stereocenters. The molecule has 0 saturated heterocycles. The van der Waals surface area contributed by atoms with Crippen LogP contribution in [0.25, 0.3) is 0 Å². The van der Waals surface area contributed by atoms with E-state index in [9.17, 15) is 5.11 Å². The van der Waals surface area contributed by atoms with Crippen LogP contribution in [-0.4, -0.2) is 23.8 Å². The minimum atomic E-state index is 0.0679. The molecule has 0 radical (unpaired) electrons. The van der Waals surface area contributed by atoms with Crippen LogP contribution in [0.15, 0.2) is 42.6 Å². The number of nitrogens with one attached hydrogen (secondary N) is 1. The number of hydrogen-bond acceptors (Lipinski definition) is 4. The number of rotatable bonds is 7. The molecule has 0 amide bonds. The Hall–Kier alpha value is -1.62. The molecule has 2 aromatic rings. The molecule has 21 heavy (non-hydrogen) atoms. The van der Waals surface area contributed by atoms with Crippen LogP contribution >= 0.6 is 11.6 Å². The monoisotopic (exact) mass is 306 g/mol. The number of aliphatic hydroxyl groups is 1. The standard InChI is InChI=1S/C16H19ClN2O2/c1-21-15-6-2-12(3-7-15)16(8-9-20)19-11-14-5-4-13(17)10-18-14/h2-7,10,16,19-20H,8-9,11H2,1H3. The number of halogens is 1. The summed E-state index contributed by atoms with van der Waals surface area (Å²) >= 11 is 5.82. The molecule has 0 aliphatic carbocycles. The Bertz CT molecular complexity index is 543. The molecule has 5 heteroatoms. The Balaban J connectivity index is 2.02. The second kappa shape index (κ2) is 7.98. The van der Waals surface area contributed by atoms with E-state index in [1.807, 2.05) is 36.4 Å². The van der Waals surface area contributed by atoms with E-state index in [2.05, 4.69) is 10.3 Å². The summed E-state index contributed by atoms with van der Waals surface area (Å²) in [5.74, 6) is 0.820. The highest BCUT2D eigenvalue weighted by atomic mass is 35.5. The number of hydrogen-bond donors (Lipinski definition) is 2. The number of pyridine rings is 1. The smallest absolute Gasteiger partial charge is 0.118 e. The minimum Gasteiger partial charge on any atom is -0.497 e. The fourth-order valence-corrected chi connectivity index (χ4v) is 2.20. The van der Waals surface area contributed by atoms with Gasteiger partial charge in [-0.25, -0.2) is 0 Å². The first kappa shape index (κ1) is 15.8. The lowest BCUT2D eigenvalue weighted by molar-refractivity contribution is 0.265. The van der Waals surface area contributed by atoms with Gasteiger partial charge in [0.2, 0.25) is 0 Å². The molecule has 112 valence electrons. The van der Waals surface area contributed by atoms with Crippen molar-refractivity contribution in [2.24, 2.45) is 0 Å². The highest BCUT2D eigenvalue weighted by Crippen LogP contribution is 2.20. The normalized spacial score (nSPS) is 12.1. The molecular weight excluding hydrogens is 288 g/mol. The third kappa shape index (κ3) is 4.70. The lowest BCUT2D eigenvalue weighted by Crippen LogP contribution is -2.22. The van der Waals surface area contributed by atoms with Gasteiger partial charge in [-0.2, -0.15) is 0 Å². The molecule has 2 N–H and O–H groups in total. The largest absolute Gasteiger partial charge is 0.497 e. The first-order valence-electron chi connectivity index (χ1n) is 6.81. The lowest BCUT2D eigenvalue weighted by atomic mass is 10.0. The molecule has 0 aliphatic heterocycles. The van der Waals surface area contributed by atoms with Crippen molar-refractivity contribution in [2.45, 2.75) is 19.0 Å². The van der Waals surface area contributed by atoms with Gasteiger partial charge < -0.3 is 15.2 Å². The van der Waals surface area contributed by atoms with Gasteiger partial charge in [0.15, 0.2) is 0 Å². The third-order valence-corrected chi connectivity index (χ3v) is 3.48. The van der Waals surface area contributed by atoms with Gasteiger partial charge in [-0.15, -0.1) is 0 Å². The summed E-state index contributed by atoms with van der Waals surface area (Å²) in [4.78, 5) is 4.25. The SMILES string of the molecule is COc1ccc(C(CCO)NCc2ccc(Cl)cn2)cc1. The second-order valence-corrected chi connectivity index (χ2v) is 5.12. The van der Waals surface area contributed by atoms with Crippen molar-refractivity contribution in [2.75, 3.05) is 13.7 Å². The van der Waals surface area contributed by atoms with Crippen molar-refractivity contribution in [1.82, 2.24) is 10.3 Å². The molecule has 1 aromatic carbocycles. The molecule has 0 bridgehead atoms. The predicted octanol–water partition coefficient (Wildman–Crippen LogP) is 2.96. The Kier molecular flexibility index (Phi) is 5.99. The van der Waals surface area contributed by atoms with E-state index in [1.54, 1.807) is 13.3 Å². The van der Waals surface area contributed by atoms with E-state index in [-0.39, 0.29) is 12.6 Å². The Labute approximate surface area is 129 Å². The molecule has 4 nitrogen and oxygen atoms in total. The summed E-state index contributed by atoms with van der Waals surface area (Å²) in [6, 6.07) is 11.6. The molecule has 1 aromatic heterocycles. The second-order valence-electron chi connectivity index (χ2n) is 4.69. The van der Waals surface area contributed by atoms with Crippen LogP contribution in [-0.2, 0) is 6.54 Å². The number of nitrogens with zero attached hydrogens (tertiary/aromatic N) is 1. The van der Waals surface area contributed by atoms with Crippen LogP contribution in [0.1, 0.15) is 23.7 Å². The van der Waals surface area contributed by atoms with Gasteiger partial charge in [0.25, 0.3) is 0 Å². The molecule has 0 fully saturated rings. The topological polar surface area (TPSA) is 54.4 Å². The fourth-order valence-electron chi connectivity index (χ4n) is 2.09. The Morgan fingerprint density at radius 2 is 2.00 bits per heavy atom. The van der Waals surface area contributed by atoms with Gasteiger partial charge in [0.1, 0.15) is 5.75 Å². The molecular formula is C16H19ClN2O2. The fraction of sp³-hybridized carbons (Fsp3) is 0.312. The van der Waals surface area contributed by atoms with Gasteiger partial charge >= 0.3 is 0 Å². The highest BCUT2D eigenvalue weighted by Gasteiger charge is 2.11. The molecule has 1 heterocycles. The van der Waals surface area contributed by atoms with Gasteiger partial charge in [0, 0.05) is 25.4 Å². The van der Waals surface area contributed by atoms with Crippen molar-refractivity contribution >= 4 is 11.6 Å². The van der Waals surface area contributed by atoms with E-state index in [1.165, 1.54) is 0 Å². The summed E-state index contributed by atoms with van der Waals surface area (Å²) in [6.45, 7) is 0.742. The third-order valence-electron chi connectivity index (χ3n) is 3.25. The van der Waals surface area contributed by atoms with Gasteiger partial charge in [-0.3, -0.25) is 4.98 Å². The van der Waals surface area contributed by atoms with Crippen LogP contribution in [0.5, 0.6) is 5.75 Å². The highest BCUT2D eigenvalue weighted by molar-refractivity contribution is 6.30. The van der Waals surface area contributed by atoms with Gasteiger partial charge in [-0.1, -0.05) is 23.7 Å². The van der Waals surface area contributed by atoms with Crippen molar-refractivity contribution in [3.05, 3.63) is 58.9 Å². The van der Waals surface area contributed by atoms with Crippen molar-refractivity contribution < 1.29 is 9.84 Å². The van der Waals surface area contributed by atoms with E-state index < -0.39 is 0 Å². The molecule has 0 aliphatic rings. The summed E-state index contributed by atoms with van der Waals surface area (Å²) in [5.41, 5.74) is 2.02. The van der Waals surface area contributed by atoms with E-state index >= 15 is 0 Å². The van der Waals surface area contributed by atoms with Crippen LogP contribution in [0.2, 0.25) is 5.02 Å².